The van der Waals surface area contributed by atoms with Crippen LogP contribution in [0.4, 0.5) is 0 Å². The zero-order chi connectivity index (χ0) is 13.9. The molecule has 0 bridgehead atoms. The number of imidazole rings is 1. The molecule has 0 fully saturated rings. The molecule has 0 amide bonds. The molecule has 1 unspecified atom stereocenters. The fourth-order valence-electron chi connectivity index (χ4n) is 2.26. The molecule has 0 saturated carbocycles. The lowest BCUT2D eigenvalue weighted by molar-refractivity contribution is 0.0265. The Morgan fingerprint density at radius 3 is 2.58 bits per heavy atom. The second kappa shape index (κ2) is 5.55. The predicted octanol–water partition coefficient (Wildman–Crippen LogP) is 1.85. The SMILES string of the molecule is CC(C)c1nccn1CC(O)(CN)c1ccccc1. The first-order valence-corrected chi connectivity index (χ1v) is 6.56. The predicted molar refractivity (Wildman–Crippen MR) is 75.7 cm³/mol. The van der Waals surface area contributed by atoms with Gasteiger partial charge in [0.05, 0.1) is 6.54 Å². The summed E-state index contributed by atoms with van der Waals surface area (Å²) in [5, 5.41) is 10.8. The lowest BCUT2D eigenvalue weighted by atomic mass is 9.93. The summed E-state index contributed by atoms with van der Waals surface area (Å²) < 4.78 is 1.98. The monoisotopic (exact) mass is 259 g/mol. The van der Waals surface area contributed by atoms with Crippen LogP contribution in [0.15, 0.2) is 42.7 Å². The number of hydrogen-bond donors (Lipinski definition) is 2. The van der Waals surface area contributed by atoms with E-state index in [0.717, 1.165) is 11.4 Å². The third-order valence-corrected chi connectivity index (χ3v) is 3.34. The second-order valence-corrected chi connectivity index (χ2v) is 5.17. The highest BCUT2D eigenvalue weighted by atomic mass is 16.3. The maximum absolute atomic E-state index is 10.8. The van der Waals surface area contributed by atoms with Crippen molar-refractivity contribution in [1.29, 1.82) is 0 Å². The van der Waals surface area contributed by atoms with E-state index in [-0.39, 0.29) is 6.54 Å². The maximum atomic E-state index is 10.8. The van der Waals surface area contributed by atoms with Crippen molar-refractivity contribution < 1.29 is 5.11 Å². The number of aliphatic hydroxyl groups is 1. The number of benzene rings is 1. The summed E-state index contributed by atoms with van der Waals surface area (Å²) in [4.78, 5) is 4.34. The molecule has 102 valence electrons. The number of nitrogens with zero attached hydrogens (tertiary/aromatic N) is 2. The van der Waals surface area contributed by atoms with Crippen LogP contribution in [0.25, 0.3) is 0 Å². The first-order valence-electron chi connectivity index (χ1n) is 6.56. The lowest BCUT2D eigenvalue weighted by Crippen LogP contribution is -2.39. The quantitative estimate of drug-likeness (QED) is 0.861. The molecular formula is C15H21N3O. The summed E-state index contributed by atoms with van der Waals surface area (Å²) in [5.74, 6) is 1.27. The Labute approximate surface area is 113 Å². The van der Waals surface area contributed by atoms with E-state index >= 15 is 0 Å². The Kier molecular flexibility index (Phi) is 4.02. The second-order valence-electron chi connectivity index (χ2n) is 5.17. The fraction of sp³-hybridized carbons (Fsp3) is 0.400. The van der Waals surface area contributed by atoms with Crippen LogP contribution in [0.2, 0.25) is 0 Å². The number of rotatable bonds is 5. The Hall–Kier alpha value is -1.65. The van der Waals surface area contributed by atoms with Gasteiger partial charge < -0.3 is 15.4 Å². The standard InChI is InChI=1S/C15H21N3O/c1-12(2)14-17-8-9-18(14)11-15(19,10-16)13-6-4-3-5-7-13/h3-9,12,19H,10-11,16H2,1-2H3. The van der Waals surface area contributed by atoms with Gasteiger partial charge in [0.15, 0.2) is 0 Å². The van der Waals surface area contributed by atoms with Crippen molar-refractivity contribution in [2.45, 2.75) is 31.9 Å². The Morgan fingerprint density at radius 2 is 2.00 bits per heavy atom. The molecule has 1 aromatic carbocycles. The van der Waals surface area contributed by atoms with Gasteiger partial charge in [-0.25, -0.2) is 4.98 Å². The first-order chi connectivity index (χ1) is 9.07. The third kappa shape index (κ3) is 2.85. The van der Waals surface area contributed by atoms with Gasteiger partial charge in [-0.15, -0.1) is 0 Å². The van der Waals surface area contributed by atoms with Crippen molar-refractivity contribution in [2.24, 2.45) is 5.73 Å². The van der Waals surface area contributed by atoms with E-state index in [2.05, 4.69) is 18.8 Å². The summed E-state index contributed by atoms with van der Waals surface area (Å²) in [7, 11) is 0. The third-order valence-electron chi connectivity index (χ3n) is 3.34. The van der Waals surface area contributed by atoms with Crippen molar-refractivity contribution in [3.63, 3.8) is 0 Å². The molecule has 0 aliphatic rings. The van der Waals surface area contributed by atoms with E-state index in [1.54, 1.807) is 6.20 Å². The molecule has 0 aliphatic heterocycles. The van der Waals surface area contributed by atoms with Gasteiger partial charge in [0.2, 0.25) is 0 Å². The average molecular weight is 259 g/mol. The van der Waals surface area contributed by atoms with E-state index in [1.807, 2.05) is 41.1 Å². The van der Waals surface area contributed by atoms with Crippen LogP contribution in [0.3, 0.4) is 0 Å². The van der Waals surface area contributed by atoms with Crippen LogP contribution in [0.5, 0.6) is 0 Å². The summed E-state index contributed by atoms with van der Waals surface area (Å²) in [6.45, 7) is 4.76. The number of aromatic nitrogens is 2. The molecule has 1 heterocycles. The molecule has 3 N–H and O–H groups in total. The van der Waals surface area contributed by atoms with Gasteiger partial charge >= 0.3 is 0 Å². The van der Waals surface area contributed by atoms with E-state index < -0.39 is 5.60 Å². The fourth-order valence-corrected chi connectivity index (χ4v) is 2.26. The minimum Gasteiger partial charge on any atom is -0.382 e. The van der Waals surface area contributed by atoms with Gasteiger partial charge in [0, 0.05) is 24.9 Å². The van der Waals surface area contributed by atoms with Gasteiger partial charge in [-0.3, -0.25) is 0 Å². The molecule has 4 nitrogen and oxygen atoms in total. The minimum absolute atomic E-state index is 0.173. The molecule has 2 aromatic rings. The maximum Gasteiger partial charge on any atom is 0.120 e. The molecular weight excluding hydrogens is 238 g/mol. The highest BCUT2D eigenvalue weighted by Crippen LogP contribution is 2.24. The molecule has 4 heteroatoms. The molecule has 0 saturated heterocycles. The number of nitrogens with two attached hydrogens (primary N) is 1. The minimum atomic E-state index is -1.06. The van der Waals surface area contributed by atoms with Gasteiger partial charge in [0.1, 0.15) is 11.4 Å². The molecule has 0 spiro atoms. The normalized spacial score (nSPS) is 14.6. The topological polar surface area (TPSA) is 64.1 Å². The Bertz CT molecular complexity index is 521. The smallest absolute Gasteiger partial charge is 0.120 e. The largest absolute Gasteiger partial charge is 0.382 e. The van der Waals surface area contributed by atoms with Crippen LogP contribution in [0, 0.1) is 0 Å². The molecule has 1 aromatic heterocycles. The van der Waals surface area contributed by atoms with Crippen molar-refractivity contribution >= 4 is 0 Å². The lowest BCUT2D eigenvalue weighted by Gasteiger charge is -2.28. The molecule has 19 heavy (non-hydrogen) atoms. The van der Waals surface area contributed by atoms with Crippen LogP contribution >= 0.6 is 0 Å². The molecule has 0 radical (unpaired) electrons. The zero-order valence-electron chi connectivity index (χ0n) is 11.5. The van der Waals surface area contributed by atoms with E-state index in [4.69, 9.17) is 5.73 Å². The van der Waals surface area contributed by atoms with Gasteiger partial charge in [0.25, 0.3) is 0 Å². The number of hydrogen-bond acceptors (Lipinski definition) is 3. The average Bonchev–Trinajstić information content (AvgIpc) is 2.87. The molecule has 2 rings (SSSR count). The Morgan fingerprint density at radius 1 is 1.32 bits per heavy atom. The summed E-state index contributed by atoms with van der Waals surface area (Å²) >= 11 is 0. The highest BCUT2D eigenvalue weighted by Gasteiger charge is 2.29. The van der Waals surface area contributed by atoms with Crippen LogP contribution < -0.4 is 5.73 Å². The Balaban J connectivity index is 2.31. The van der Waals surface area contributed by atoms with Crippen LogP contribution in [-0.4, -0.2) is 21.2 Å². The molecule has 0 aliphatic carbocycles. The van der Waals surface area contributed by atoms with Gasteiger partial charge in [-0.1, -0.05) is 44.2 Å². The van der Waals surface area contributed by atoms with E-state index in [1.165, 1.54) is 0 Å². The summed E-state index contributed by atoms with van der Waals surface area (Å²) in [6, 6.07) is 9.55. The van der Waals surface area contributed by atoms with Crippen LogP contribution in [-0.2, 0) is 12.1 Å². The van der Waals surface area contributed by atoms with Crippen molar-refractivity contribution in [3.8, 4) is 0 Å². The first kappa shape index (κ1) is 13.8. The van der Waals surface area contributed by atoms with Crippen molar-refractivity contribution in [1.82, 2.24) is 9.55 Å². The summed E-state index contributed by atoms with van der Waals surface area (Å²) in [6.07, 6.45) is 3.65. The van der Waals surface area contributed by atoms with Gasteiger partial charge in [-0.05, 0) is 5.56 Å². The van der Waals surface area contributed by atoms with Crippen molar-refractivity contribution in [2.75, 3.05) is 6.54 Å². The highest BCUT2D eigenvalue weighted by molar-refractivity contribution is 5.23. The van der Waals surface area contributed by atoms with Crippen LogP contribution in [0.1, 0.15) is 31.2 Å². The van der Waals surface area contributed by atoms with Gasteiger partial charge in [-0.2, -0.15) is 0 Å². The van der Waals surface area contributed by atoms with E-state index in [9.17, 15) is 5.11 Å². The zero-order valence-corrected chi connectivity index (χ0v) is 11.5. The molecule has 1 atom stereocenters. The van der Waals surface area contributed by atoms with Crippen molar-refractivity contribution in [3.05, 3.63) is 54.1 Å². The summed E-state index contributed by atoms with van der Waals surface area (Å²) in [5.41, 5.74) is 5.57. The van der Waals surface area contributed by atoms with E-state index in [0.29, 0.717) is 12.5 Å².